The predicted molar refractivity (Wildman–Crippen MR) is 102 cm³/mol. The third kappa shape index (κ3) is 3.84. The van der Waals surface area contributed by atoms with Gasteiger partial charge in [-0.1, -0.05) is 6.92 Å². The molecule has 3 aromatic rings. The van der Waals surface area contributed by atoms with Gasteiger partial charge in [-0.25, -0.2) is 0 Å². The highest BCUT2D eigenvalue weighted by Gasteiger charge is 2.28. The maximum absolute atomic E-state index is 12.2. The predicted octanol–water partition coefficient (Wildman–Crippen LogP) is 4.36. The summed E-state index contributed by atoms with van der Waals surface area (Å²) in [5.41, 5.74) is 2.42. The molecule has 0 saturated heterocycles. The molecule has 0 spiro atoms. The van der Waals surface area contributed by atoms with Crippen LogP contribution >= 0.6 is 0 Å². The highest BCUT2D eigenvalue weighted by atomic mass is 16.5. The number of benzene rings is 1. The van der Waals surface area contributed by atoms with Crippen molar-refractivity contribution in [1.82, 2.24) is 9.97 Å². The molecule has 27 heavy (non-hydrogen) atoms. The molecule has 0 saturated carbocycles. The van der Waals surface area contributed by atoms with Gasteiger partial charge in [0.1, 0.15) is 11.5 Å². The third-order valence-corrected chi connectivity index (χ3v) is 4.31. The van der Waals surface area contributed by atoms with Gasteiger partial charge < -0.3 is 19.8 Å². The fraction of sp³-hybridized carbons (Fsp3) is 0.143. The van der Waals surface area contributed by atoms with Gasteiger partial charge in [0.05, 0.1) is 17.6 Å². The van der Waals surface area contributed by atoms with Crippen LogP contribution in [-0.4, -0.2) is 22.0 Å². The van der Waals surface area contributed by atoms with Gasteiger partial charge in [-0.05, 0) is 48.5 Å². The van der Waals surface area contributed by atoms with Crippen LogP contribution in [0.2, 0.25) is 0 Å². The van der Waals surface area contributed by atoms with E-state index in [1.54, 1.807) is 30.7 Å². The van der Waals surface area contributed by atoms with Gasteiger partial charge >= 0.3 is 0 Å². The highest BCUT2D eigenvalue weighted by Crippen LogP contribution is 2.26. The van der Waals surface area contributed by atoms with Crippen molar-refractivity contribution >= 4 is 11.6 Å². The zero-order chi connectivity index (χ0) is 18.6. The van der Waals surface area contributed by atoms with Crippen molar-refractivity contribution in [3.05, 3.63) is 73.3 Å². The maximum Gasteiger partial charge on any atom is 0.266 e. The molecule has 2 atom stereocenters. The largest absolute Gasteiger partial charge is 0.488 e. The molecule has 2 N–H and O–H groups in total. The number of nitrogens with one attached hydrogen (secondary N) is 2. The Bertz CT molecular complexity index is 949. The normalized spacial score (nSPS) is 18.1. The number of hydrogen-bond acceptors (Lipinski definition) is 4. The quantitative estimate of drug-likeness (QED) is 0.708. The maximum atomic E-state index is 12.2. The Morgan fingerprint density at radius 2 is 2.04 bits per heavy atom. The summed E-state index contributed by atoms with van der Waals surface area (Å²) in [5.74, 6) is 1.26. The van der Waals surface area contributed by atoms with Crippen LogP contribution in [0, 0.1) is 5.92 Å². The second-order valence-corrected chi connectivity index (χ2v) is 6.32. The molecular formula is C21H19N3O3. The average molecular weight is 361 g/mol. The molecule has 0 fully saturated rings. The van der Waals surface area contributed by atoms with Crippen molar-refractivity contribution in [3.8, 4) is 22.9 Å². The van der Waals surface area contributed by atoms with Gasteiger partial charge in [0.15, 0.2) is 6.10 Å². The first-order chi connectivity index (χ1) is 13.2. The summed E-state index contributed by atoms with van der Waals surface area (Å²) >= 11 is 0. The Morgan fingerprint density at radius 3 is 2.74 bits per heavy atom. The molecule has 2 unspecified atom stereocenters. The molecule has 1 aliphatic rings. The molecule has 0 radical (unpaired) electrons. The van der Waals surface area contributed by atoms with Crippen LogP contribution in [0.15, 0.2) is 73.3 Å². The third-order valence-electron chi connectivity index (χ3n) is 4.31. The summed E-state index contributed by atoms with van der Waals surface area (Å²) in [4.78, 5) is 19.7. The van der Waals surface area contributed by atoms with E-state index in [1.807, 2.05) is 49.5 Å². The van der Waals surface area contributed by atoms with Crippen molar-refractivity contribution in [2.75, 3.05) is 5.32 Å². The number of nitrogens with zero attached hydrogens (tertiary/aromatic N) is 1. The van der Waals surface area contributed by atoms with Gasteiger partial charge in [0.2, 0.25) is 0 Å². The Morgan fingerprint density at radius 1 is 1.19 bits per heavy atom. The number of ether oxygens (including phenoxy) is 2. The number of aromatic amines is 1. The first-order valence-corrected chi connectivity index (χ1v) is 8.70. The lowest BCUT2D eigenvalue weighted by Crippen LogP contribution is -2.31. The van der Waals surface area contributed by atoms with E-state index in [2.05, 4.69) is 15.3 Å². The van der Waals surface area contributed by atoms with Crippen molar-refractivity contribution in [2.24, 2.45) is 5.92 Å². The standard InChI is InChI=1S/C21H19N3O3/c1-14-9-12-26-20(14)21(25)24-15-4-6-16(7-5-15)27-17-8-11-23-19(13-17)18-3-2-10-22-18/h2-14,20,22H,1H3,(H,24,25). The van der Waals surface area contributed by atoms with Crippen LogP contribution in [0.1, 0.15) is 6.92 Å². The number of hydrogen-bond donors (Lipinski definition) is 2. The second-order valence-electron chi connectivity index (χ2n) is 6.32. The van der Waals surface area contributed by atoms with Crippen LogP contribution in [0.5, 0.6) is 11.5 Å². The highest BCUT2D eigenvalue weighted by molar-refractivity contribution is 5.94. The van der Waals surface area contributed by atoms with Crippen LogP contribution in [-0.2, 0) is 9.53 Å². The molecule has 1 amide bonds. The van der Waals surface area contributed by atoms with Crippen LogP contribution in [0.4, 0.5) is 5.69 Å². The minimum atomic E-state index is -0.482. The second kappa shape index (κ2) is 7.37. The van der Waals surface area contributed by atoms with Gasteiger partial charge in [-0.2, -0.15) is 0 Å². The lowest BCUT2D eigenvalue weighted by atomic mass is 10.1. The average Bonchev–Trinajstić information content (AvgIpc) is 3.35. The Balaban J connectivity index is 1.41. The number of aromatic nitrogens is 2. The Labute approximate surface area is 156 Å². The number of carbonyl (C=O) groups excluding carboxylic acids is 1. The van der Waals surface area contributed by atoms with E-state index < -0.39 is 6.10 Å². The topological polar surface area (TPSA) is 76.2 Å². The van der Waals surface area contributed by atoms with Crippen molar-refractivity contribution in [1.29, 1.82) is 0 Å². The number of H-pyrrole nitrogens is 1. The Kier molecular flexibility index (Phi) is 4.61. The first-order valence-electron chi connectivity index (χ1n) is 8.70. The van der Waals surface area contributed by atoms with Gasteiger partial charge in [0, 0.05) is 30.1 Å². The van der Waals surface area contributed by atoms with E-state index >= 15 is 0 Å². The van der Waals surface area contributed by atoms with Crippen molar-refractivity contribution in [3.63, 3.8) is 0 Å². The van der Waals surface area contributed by atoms with Gasteiger partial charge in [-0.15, -0.1) is 0 Å². The summed E-state index contributed by atoms with van der Waals surface area (Å²) in [6, 6.07) is 14.8. The molecular weight excluding hydrogens is 342 g/mol. The molecule has 0 aliphatic carbocycles. The van der Waals surface area contributed by atoms with Crippen LogP contribution in [0.3, 0.4) is 0 Å². The lowest BCUT2D eigenvalue weighted by molar-refractivity contribution is -0.124. The summed E-state index contributed by atoms with van der Waals surface area (Å²) in [7, 11) is 0. The number of rotatable bonds is 5. The molecule has 136 valence electrons. The SMILES string of the molecule is CC1C=COC1C(=O)Nc1ccc(Oc2ccnc(-c3ccc[nH]3)c2)cc1. The van der Waals surface area contributed by atoms with Gasteiger partial charge in [-0.3, -0.25) is 9.78 Å². The van der Waals surface area contributed by atoms with Crippen molar-refractivity contribution < 1.29 is 14.3 Å². The summed E-state index contributed by atoms with van der Waals surface area (Å²) < 4.78 is 11.2. The van der Waals surface area contributed by atoms with E-state index in [4.69, 9.17) is 9.47 Å². The summed E-state index contributed by atoms with van der Waals surface area (Å²) in [5, 5.41) is 2.86. The molecule has 0 bridgehead atoms. The molecule has 6 nitrogen and oxygen atoms in total. The fourth-order valence-corrected chi connectivity index (χ4v) is 2.85. The molecule has 1 aliphatic heterocycles. The van der Waals surface area contributed by atoms with Crippen LogP contribution in [0.25, 0.3) is 11.4 Å². The van der Waals surface area contributed by atoms with E-state index in [-0.39, 0.29) is 11.8 Å². The summed E-state index contributed by atoms with van der Waals surface area (Å²) in [6.45, 7) is 1.95. The minimum Gasteiger partial charge on any atom is -0.488 e. The zero-order valence-corrected chi connectivity index (χ0v) is 14.8. The lowest BCUT2D eigenvalue weighted by Gasteiger charge is -2.15. The molecule has 1 aromatic carbocycles. The molecule has 2 aromatic heterocycles. The fourth-order valence-electron chi connectivity index (χ4n) is 2.85. The van der Waals surface area contributed by atoms with Crippen LogP contribution < -0.4 is 10.1 Å². The number of anilines is 1. The van der Waals surface area contributed by atoms with Gasteiger partial charge in [0.25, 0.3) is 5.91 Å². The van der Waals surface area contributed by atoms with Crippen molar-refractivity contribution in [2.45, 2.75) is 13.0 Å². The number of pyridine rings is 1. The smallest absolute Gasteiger partial charge is 0.266 e. The Hall–Kier alpha value is -3.54. The number of amides is 1. The monoisotopic (exact) mass is 361 g/mol. The molecule has 4 rings (SSSR count). The summed E-state index contributed by atoms with van der Waals surface area (Å²) in [6.07, 6.45) is 6.52. The molecule has 3 heterocycles. The van der Waals surface area contributed by atoms with E-state index in [1.165, 1.54) is 0 Å². The zero-order valence-electron chi connectivity index (χ0n) is 14.8. The first kappa shape index (κ1) is 16.9. The van der Waals surface area contributed by atoms with E-state index in [0.717, 1.165) is 11.4 Å². The minimum absolute atomic E-state index is 0.0631. The van der Waals surface area contributed by atoms with E-state index in [9.17, 15) is 4.79 Å². The molecule has 6 heteroatoms. The number of carbonyl (C=O) groups is 1. The van der Waals surface area contributed by atoms with E-state index in [0.29, 0.717) is 17.2 Å².